The van der Waals surface area contributed by atoms with Crippen LogP contribution in [-0.2, 0) is 4.74 Å². The molecule has 0 aromatic carbocycles. The van der Waals surface area contributed by atoms with Crippen LogP contribution in [-0.4, -0.2) is 55.3 Å². The van der Waals surface area contributed by atoms with Gasteiger partial charge in [-0.25, -0.2) is 9.97 Å². The molecule has 3 rings (SSSR count). The SMILES string of the molecule is CN(C)c1ccc(C(=O)N[C@@H]2COCC[C@H]2Oc2ccccn2)cn1. The van der Waals surface area contributed by atoms with Gasteiger partial charge in [-0.15, -0.1) is 0 Å². The van der Waals surface area contributed by atoms with Gasteiger partial charge in [0.05, 0.1) is 24.8 Å². The number of nitrogens with one attached hydrogen (secondary N) is 1. The second kappa shape index (κ2) is 7.94. The summed E-state index contributed by atoms with van der Waals surface area (Å²) < 4.78 is 11.4. The van der Waals surface area contributed by atoms with E-state index in [9.17, 15) is 4.79 Å². The first-order valence-corrected chi connectivity index (χ1v) is 8.23. The number of amides is 1. The molecule has 1 aliphatic heterocycles. The monoisotopic (exact) mass is 342 g/mol. The molecular formula is C18H22N4O3. The number of rotatable bonds is 5. The van der Waals surface area contributed by atoms with Gasteiger partial charge < -0.3 is 19.7 Å². The van der Waals surface area contributed by atoms with E-state index < -0.39 is 0 Å². The molecule has 3 heterocycles. The molecule has 2 atom stereocenters. The van der Waals surface area contributed by atoms with Crippen molar-refractivity contribution in [1.29, 1.82) is 0 Å². The van der Waals surface area contributed by atoms with Gasteiger partial charge in [-0.1, -0.05) is 6.07 Å². The molecule has 0 radical (unpaired) electrons. The molecule has 0 aliphatic carbocycles. The molecule has 132 valence electrons. The maximum Gasteiger partial charge on any atom is 0.253 e. The van der Waals surface area contributed by atoms with Crippen LogP contribution in [0.15, 0.2) is 42.7 Å². The van der Waals surface area contributed by atoms with E-state index in [1.165, 1.54) is 0 Å². The normalized spacial score (nSPS) is 19.9. The molecule has 2 aromatic rings. The van der Waals surface area contributed by atoms with E-state index in [0.29, 0.717) is 31.1 Å². The number of hydrogen-bond donors (Lipinski definition) is 1. The Bertz CT molecular complexity index is 691. The fraction of sp³-hybridized carbons (Fsp3) is 0.389. The van der Waals surface area contributed by atoms with Crippen molar-refractivity contribution in [2.45, 2.75) is 18.6 Å². The number of anilines is 1. The minimum Gasteiger partial charge on any atom is -0.472 e. The van der Waals surface area contributed by atoms with Crippen molar-refractivity contribution in [2.24, 2.45) is 0 Å². The lowest BCUT2D eigenvalue weighted by molar-refractivity contribution is -0.00449. The van der Waals surface area contributed by atoms with Gasteiger partial charge >= 0.3 is 0 Å². The average molecular weight is 342 g/mol. The van der Waals surface area contributed by atoms with Gasteiger partial charge in [-0.3, -0.25) is 4.79 Å². The minimum atomic E-state index is -0.239. The van der Waals surface area contributed by atoms with Gasteiger partial charge in [0.1, 0.15) is 11.9 Å². The summed E-state index contributed by atoms with van der Waals surface area (Å²) in [5, 5.41) is 2.98. The van der Waals surface area contributed by atoms with Crippen molar-refractivity contribution in [1.82, 2.24) is 15.3 Å². The smallest absolute Gasteiger partial charge is 0.253 e. The number of aromatic nitrogens is 2. The lowest BCUT2D eigenvalue weighted by Gasteiger charge is -2.32. The molecule has 1 aliphatic rings. The van der Waals surface area contributed by atoms with Gasteiger partial charge in [0.2, 0.25) is 5.88 Å². The van der Waals surface area contributed by atoms with E-state index >= 15 is 0 Å². The van der Waals surface area contributed by atoms with Crippen molar-refractivity contribution in [3.05, 3.63) is 48.3 Å². The van der Waals surface area contributed by atoms with Crippen LogP contribution < -0.4 is 15.0 Å². The fourth-order valence-corrected chi connectivity index (χ4v) is 2.60. The Morgan fingerprint density at radius 1 is 1.28 bits per heavy atom. The van der Waals surface area contributed by atoms with Gasteiger partial charge in [0, 0.05) is 39.0 Å². The highest BCUT2D eigenvalue weighted by atomic mass is 16.5. The predicted molar refractivity (Wildman–Crippen MR) is 93.9 cm³/mol. The van der Waals surface area contributed by atoms with Crippen LogP contribution in [0.2, 0.25) is 0 Å². The van der Waals surface area contributed by atoms with E-state index in [0.717, 1.165) is 5.82 Å². The summed E-state index contributed by atoms with van der Waals surface area (Å²) in [5.41, 5.74) is 0.507. The number of hydrogen-bond acceptors (Lipinski definition) is 6. The second-order valence-corrected chi connectivity index (χ2v) is 6.07. The maximum atomic E-state index is 12.5. The molecule has 0 saturated carbocycles. The Balaban J connectivity index is 1.65. The lowest BCUT2D eigenvalue weighted by atomic mass is 10.1. The predicted octanol–water partition coefficient (Wildman–Crippen LogP) is 1.51. The summed E-state index contributed by atoms with van der Waals surface area (Å²) in [4.78, 5) is 22.8. The first kappa shape index (κ1) is 17.2. The third-order valence-corrected chi connectivity index (χ3v) is 3.99. The van der Waals surface area contributed by atoms with Gasteiger partial charge in [-0.2, -0.15) is 0 Å². The molecule has 7 nitrogen and oxygen atoms in total. The lowest BCUT2D eigenvalue weighted by Crippen LogP contribution is -2.51. The number of carbonyl (C=O) groups excluding carboxylic acids is 1. The standard InChI is InChI=1S/C18H22N4O3/c1-22(2)16-7-6-13(11-20-16)18(23)21-14-12-24-10-8-15(14)25-17-5-3-4-9-19-17/h3-7,9,11,14-15H,8,10,12H2,1-2H3,(H,21,23)/t14-,15-/m1/s1. The molecule has 1 N–H and O–H groups in total. The summed E-state index contributed by atoms with van der Waals surface area (Å²) >= 11 is 0. The molecule has 7 heteroatoms. The van der Waals surface area contributed by atoms with E-state index in [4.69, 9.17) is 9.47 Å². The zero-order valence-corrected chi connectivity index (χ0v) is 14.4. The summed E-state index contributed by atoms with van der Waals surface area (Å²) in [7, 11) is 3.81. The summed E-state index contributed by atoms with van der Waals surface area (Å²) in [6.07, 6.45) is 3.77. The molecule has 1 saturated heterocycles. The third-order valence-electron chi connectivity index (χ3n) is 3.99. The van der Waals surface area contributed by atoms with Gasteiger partial charge in [-0.05, 0) is 18.2 Å². The molecule has 1 fully saturated rings. The summed E-state index contributed by atoms with van der Waals surface area (Å²) in [6, 6.07) is 8.84. The fourth-order valence-electron chi connectivity index (χ4n) is 2.60. The second-order valence-electron chi connectivity index (χ2n) is 6.07. The maximum absolute atomic E-state index is 12.5. The number of carbonyl (C=O) groups is 1. The zero-order valence-electron chi connectivity index (χ0n) is 14.4. The van der Waals surface area contributed by atoms with Crippen molar-refractivity contribution in [3.63, 3.8) is 0 Å². The number of ether oxygens (including phenoxy) is 2. The van der Waals surface area contributed by atoms with Crippen LogP contribution in [0.5, 0.6) is 5.88 Å². The van der Waals surface area contributed by atoms with E-state index in [1.807, 2.05) is 37.2 Å². The van der Waals surface area contributed by atoms with Crippen molar-refractivity contribution < 1.29 is 14.3 Å². The van der Waals surface area contributed by atoms with E-state index in [-0.39, 0.29) is 18.1 Å². The Kier molecular flexibility index (Phi) is 5.45. The average Bonchev–Trinajstić information content (AvgIpc) is 2.64. The van der Waals surface area contributed by atoms with Gasteiger partial charge in [0.15, 0.2) is 0 Å². The van der Waals surface area contributed by atoms with Crippen LogP contribution in [0.25, 0.3) is 0 Å². The molecule has 25 heavy (non-hydrogen) atoms. The topological polar surface area (TPSA) is 76.6 Å². The van der Waals surface area contributed by atoms with Crippen LogP contribution in [0, 0.1) is 0 Å². The molecule has 0 unspecified atom stereocenters. The first-order chi connectivity index (χ1) is 12.1. The van der Waals surface area contributed by atoms with Crippen molar-refractivity contribution in [3.8, 4) is 5.88 Å². The summed E-state index contributed by atoms with van der Waals surface area (Å²) in [6.45, 7) is 1.01. The Morgan fingerprint density at radius 3 is 2.84 bits per heavy atom. The molecule has 1 amide bonds. The first-order valence-electron chi connectivity index (χ1n) is 8.23. The summed E-state index contributed by atoms with van der Waals surface area (Å²) in [5.74, 6) is 1.16. The molecule has 0 spiro atoms. The van der Waals surface area contributed by atoms with Crippen LogP contribution in [0.4, 0.5) is 5.82 Å². The zero-order chi connectivity index (χ0) is 17.6. The number of nitrogens with zero attached hydrogens (tertiary/aromatic N) is 3. The number of pyridine rings is 2. The third kappa shape index (κ3) is 4.45. The largest absolute Gasteiger partial charge is 0.472 e. The Morgan fingerprint density at radius 2 is 2.16 bits per heavy atom. The van der Waals surface area contributed by atoms with E-state index in [1.54, 1.807) is 24.5 Å². The quantitative estimate of drug-likeness (QED) is 0.888. The highest BCUT2D eigenvalue weighted by molar-refractivity contribution is 5.94. The Labute approximate surface area is 147 Å². The molecular weight excluding hydrogens is 320 g/mol. The van der Waals surface area contributed by atoms with Crippen molar-refractivity contribution >= 4 is 11.7 Å². The van der Waals surface area contributed by atoms with Gasteiger partial charge in [0.25, 0.3) is 5.91 Å². The van der Waals surface area contributed by atoms with Crippen LogP contribution >= 0.6 is 0 Å². The van der Waals surface area contributed by atoms with Crippen LogP contribution in [0.1, 0.15) is 16.8 Å². The molecule has 0 bridgehead atoms. The highest BCUT2D eigenvalue weighted by Gasteiger charge is 2.29. The van der Waals surface area contributed by atoms with Crippen LogP contribution in [0.3, 0.4) is 0 Å². The minimum absolute atomic E-state index is 0.179. The highest BCUT2D eigenvalue weighted by Crippen LogP contribution is 2.16. The Hall–Kier alpha value is -2.67. The molecule has 2 aromatic heterocycles. The van der Waals surface area contributed by atoms with Crippen molar-refractivity contribution in [2.75, 3.05) is 32.2 Å². The van der Waals surface area contributed by atoms with E-state index in [2.05, 4.69) is 15.3 Å².